The SMILES string of the molecule is CS(=O)(=O)C1CC(NC(=O)c2cn(Cc3ccc(F)c(C(F)(F)F)c3)cn2)C1. The Kier molecular flexibility index (Phi) is 5.22. The third-order valence-electron chi connectivity index (χ3n) is 4.60. The van der Waals surface area contributed by atoms with Gasteiger partial charge >= 0.3 is 6.18 Å². The number of benzene rings is 1. The van der Waals surface area contributed by atoms with Crippen LogP contribution in [0.2, 0.25) is 0 Å². The minimum absolute atomic E-state index is 0.0246. The first-order chi connectivity index (χ1) is 12.9. The quantitative estimate of drug-likeness (QED) is 0.755. The van der Waals surface area contributed by atoms with Crippen molar-refractivity contribution in [2.24, 2.45) is 0 Å². The van der Waals surface area contributed by atoms with Gasteiger partial charge in [-0.3, -0.25) is 4.79 Å². The van der Waals surface area contributed by atoms with Gasteiger partial charge in [-0.05, 0) is 30.5 Å². The molecule has 0 unspecified atom stereocenters. The molecule has 3 rings (SSSR count). The number of nitrogens with one attached hydrogen (secondary N) is 1. The van der Waals surface area contributed by atoms with Gasteiger partial charge in [-0.1, -0.05) is 6.07 Å². The van der Waals surface area contributed by atoms with E-state index < -0.39 is 38.6 Å². The predicted octanol–water partition coefficient (Wildman–Crippen LogP) is 2.39. The standard InChI is InChI=1S/C17H17F4N3O3S/c1-28(26,27)12-5-11(6-12)23-16(25)15-8-24(9-22-15)7-10-2-3-14(18)13(4-10)17(19,20)21/h2-4,8-9,11-12H,5-7H2,1H3,(H,23,25). The average Bonchev–Trinajstić information content (AvgIpc) is 2.98. The highest BCUT2D eigenvalue weighted by atomic mass is 32.2. The van der Waals surface area contributed by atoms with Gasteiger partial charge in [0.15, 0.2) is 0 Å². The molecule has 1 amide bonds. The van der Waals surface area contributed by atoms with E-state index in [9.17, 15) is 30.8 Å². The number of halogens is 4. The molecule has 0 radical (unpaired) electrons. The Hall–Kier alpha value is -2.43. The van der Waals surface area contributed by atoms with E-state index in [1.54, 1.807) is 0 Å². The van der Waals surface area contributed by atoms with Crippen molar-refractivity contribution in [3.63, 3.8) is 0 Å². The van der Waals surface area contributed by atoms with E-state index in [0.29, 0.717) is 12.8 Å². The number of sulfone groups is 1. The number of aromatic nitrogens is 2. The number of hydrogen-bond donors (Lipinski definition) is 1. The second-order valence-corrected chi connectivity index (χ2v) is 9.16. The van der Waals surface area contributed by atoms with Gasteiger partial charge in [0.1, 0.15) is 21.3 Å². The minimum atomic E-state index is -4.80. The Bertz CT molecular complexity index is 995. The van der Waals surface area contributed by atoms with Gasteiger partial charge in [-0.15, -0.1) is 0 Å². The maximum Gasteiger partial charge on any atom is 0.419 e. The fourth-order valence-corrected chi connectivity index (χ4v) is 4.12. The molecule has 1 aliphatic rings. The third kappa shape index (κ3) is 4.51. The van der Waals surface area contributed by atoms with Crippen LogP contribution in [-0.4, -0.2) is 41.4 Å². The number of nitrogens with zero attached hydrogens (tertiary/aromatic N) is 2. The zero-order valence-electron chi connectivity index (χ0n) is 14.7. The molecular formula is C17H17F4N3O3S. The van der Waals surface area contributed by atoms with Crippen molar-refractivity contribution in [2.45, 2.75) is 36.9 Å². The number of alkyl halides is 3. The summed E-state index contributed by atoms with van der Waals surface area (Å²) in [5.41, 5.74) is -1.09. The molecule has 0 saturated heterocycles. The summed E-state index contributed by atoms with van der Waals surface area (Å²) in [6.07, 6.45) is -0.337. The van der Waals surface area contributed by atoms with Crippen molar-refractivity contribution >= 4 is 15.7 Å². The van der Waals surface area contributed by atoms with E-state index in [-0.39, 0.29) is 23.8 Å². The fourth-order valence-electron chi connectivity index (χ4n) is 2.96. The lowest BCUT2D eigenvalue weighted by molar-refractivity contribution is -0.140. The number of amides is 1. The summed E-state index contributed by atoms with van der Waals surface area (Å²) in [5.74, 6) is -1.85. The molecule has 1 aromatic heterocycles. The number of rotatable bonds is 5. The van der Waals surface area contributed by atoms with Crippen LogP contribution in [0, 0.1) is 5.82 Å². The smallest absolute Gasteiger partial charge is 0.348 e. The van der Waals surface area contributed by atoms with Crippen LogP contribution in [0.5, 0.6) is 0 Å². The molecule has 28 heavy (non-hydrogen) atoms. The molecule has 1 N–H and O–H groups in total. The summed E-state index contributed by atoms with van der Waals surface area (Å²) in [7, 11) is -3.12. The lowest BCUT2D eigenvalue weighted by Crippen LogP contribution is -2.49. The van der Waals surface area contributed by atoms with Gasteiger partial charge in [-0.2, -0.15) is 13.2 Å². The number of hydrogen-bond acceptors (Lipinski definition) is 4. The average molecular weight is 419 g/mol. The summed E-state index contributed by atoms with van der Waals surface area (Å²) >= 11 is 0. The fraction of sp³-hybridized carbons (Fsp3) is 0.412. The molecule has 0 atom stereocenters. The van der Waals surface area contributed by atoms with E-state index in [2.05, 4.69) is 10.3 Å². The maximum atomic E-state index is 13.3. The molecule has 1 aliphatic carbocycles. The monoisotopic (exact) mass is 419 g/mol. The van der Waals surface area contributed by atoms with Crippen LogP contribution in [0.25, 0.3) is 0 Å². The molecule has 6 nitrogen and oxygen atoms in total. The summed E-state index contributed by atoms with van der Waals surface area (Å²) in [6.45, 7) is -0.0246. The van der Waals surface area contributed by atoms with Crippen molar-refractivity contribution in [3.8, 4) is 0 Å². The van der Waals surface area contributed by atoms with Crippen LogP contribution in [0.3, 0.4) is 0 Å². The van der Waals surface area contributed by atoms with Gasteiger partial charge in [0, 0.05) is 25.0 Å². The van der Waals surface area contributed by atoms with Crippen LogP contribution >= 0.6 is 0 Å². The van der Waals surface area contributed by atoms with Gasteiger partial charge in [-0.25, -0.2) is 17.8 Å². The van der Waals surface area contributed by atoms with Crippen molar-refractivity contribution in [2.75, 3.05) is 6.26 Å². The van der Waals surface area contributed by atoms with E-state index >= 15 is 0 Å². The lowest BCUT2D eigenvalue weighted by atomic mass is 9.92. The van der Waals surface area contributed by atoms with E-state index in [4.69, 9.17) is 0 Å². The molecule has 1 fully saturated rings. The van der Waals surface area contributed by atoms with E-state index in [1.165, 1.54) is 23.2 Å². The highest BCUT2D eigenvalue weighted by Crippen LogP contribution is 2.32. The minimum Gasteiger partial charge on any atom is -0.348 e. The molecule has 1 aromatic carbocycles. The first-order valence-electron chi connectivity index (χ1n) is 8.30. The predicted molar refractivity (Wildman–Crippen MR) is 91.9 cm³/mol. The zero-order valence-corrected chi connectivity index (χ0v) is 15.5. The summed E-state index contributed by atoms with van der Waals surface area (Å²) in [5, 5.41) is 2.21. The van der Waals surface area contributed by atoms with Crippen molar-refractivity contribution in [1.29, 1.82) is 0 Å². The first kappa shape index (κ1) is 20.3. The zero-order chi connectivity index (χ0) is 20.7. The maximum absolute atomic E-state index is 13.3. The normalized spacial score (nSPS) is 19.9. The topological polar surface area (TPSA) is 81.1 Å². The van der Waals surface area contributed by atoms with E-state index in [0.717, 1.165) is 18.4 Å². The molecule has 2 aromatic rings. The summed E-state index contributed by atoms with van der Waals surface area (Å²) in [6, 6.07) is 2.43. The van der Waals surface area contributed by atoms with Crippen molar-refractivity contribution in [3.05, 3.63) is 53.4 Å². The van der Waals surface area contributed by atoms with Crippen LogP contribution in [0.4, 0.5) is 17.6 Å². The Morgan fingerprint density at radius 2 is 2.00 bits per heavy atom. The molecule has 11 heteroatoms. The largest absolute Gasteiger partial charge is 0.419 e. The molecule has 0 aliphatic heterocycles. The number of carbonyl (C=O) groups excluding carboxylic acids is 1. The van der Waals surface area contributed by atoms with E-state index in [1.807, 2.05) is 0 Å². The third-order valence-corrected chi connectivity index (χ3v) is 6.20. The van der Waals surface area contributed by atoms with Gasteiger partial charge in [0.05, 0.1) is 17.1 Å². The van der Waals surface area contributed by atoms with Crippen LogP contribution < -0.4 is 5.32 Å². The van der Waals surface area contributed by atoms with Crippen molar-refractivity contribution in [1.82, 2.24) is 14.9 Å². The molecule has 0 spiro atoms. The number of carbonyl (C=O) groups is 1. The Morgan fingerprint density at radius 1 is 1.32 bits per heavy atom. The highest BCUT2D eigenvalue weighted by molar-refractivity contribution is 7.91. The molecule has 1 heterocycles. The molecule has 1 saturated carbocycles. The second-order valence-electron chi connectivity index (χ2n) is 6.84. The summed E-state index contributed by atoms with van der Waals surface area (Å²) < 4.78 is 75.9. The van der Waals surface area contributed by atoms with Crippen LogP contribution in [-0.2, 0) is 22.6 Å². The van der Waals surface area contributed by atoms with Crippen LogP contribution in [0.1, 0.15) is 34.5 Å². The Balaban J connectivity index is 1.63. The lowest BCUT2D eigenvalue weighted by Gasteiger charge is -2.34. The Labute approximate surface area is 158 Å². The first-order valence-corrected chi connectivity index (χ1v) is 10.3. The van der Waals surface area contributed by atoms with Gasteiger partial charge in [0.25, 0.3) is 5.91 Å². The van der Waals surface area contributed by atoms with Gasteiger partial charge in [0.2, 0.25) is 0 Å². The number of imidazole rings is 1. The molecule has 0 bridgehead atoms. The molecule has 152 valence electrons. The van der Waals surface area contributed by atoms with Crippen molar-refractivity contribution < 1.29 is 30.8 Å². The van der Waals surface area contributed by atoms with Crippen LogP contribution in [0.15, 0.2) is 30.7 Å². The van der Waals surface area contributed by atoms with Gasteiger partial charge < -0.3 is 9.88 Å². The second kappa shape index (κ2) is 7.19. The summed E-state index contributed by atoms with van der Waals surface area (Å²) in [4.78, 5) is 16.1. The molecular weight excluding hydrogens is 402 g/mol. The Morgan fingerprint density at radius 3 is 2.61 bits per heavy atom. The highest BCUT2D eigenvalue weighted by Gasteiger charge is 2.37.